The minimum absolute atomic E-state index is 0.149. The van der Waals surface area contributed by atoms with Crippen molar-refractivity contribution in [2.24, 2.45) is 0 Å². The number of pyridine rings is 1. The maximum Gasteiger partial charge on any atom is 0.253 e. The van der Waals surface area contributed by atoms with Crippen LogP contribution >= 0.6 is 15.9 Å². The molecule has 2 aromatic rings. The van der Waals surface area contributed by atoms with E-state index in [-0.39, 0.29) is 18.0 Å². The van der Waals surface area contributed by atoms with Gasteiger partial charge in [-0.2, -0.15) is 0 Å². The van der Waals surface area contributed by atoms with Gasteiger partial charge in [-0.25, -0.2) is 0 Å². The lowest BCUT2D eigenvalue weighted by Gasteiger charge is -2.39. The van der Waals surface area contributed by atoms with Gasteiger partial charge in [0.1, 0.15) is 0 Å². The highest BCUT2D eigenvalue weighted by atomic mass is 79.9. The standard InChI is InChI=1S/C25H35BrN4O2/c1-6-30(20-9-7-19(27-5)8-10-20)23-13-18(26)12-21(17(23)4)24(31)28-14-22-15(2)11-16(3)29-25(22)32/h11-13,19-20,27H,6-10,14H2,1-5H3,(H,28,31)(H,29,32). The summed E-state index contributed by atoms with van der Waals surface area (Å²) >= 11 is 3.61. The third-order valence-corrected chi connectivity index (χ3v) is 7.16. The first kappa shape index (κ1) is 24.5. The summed E-state index contributed by atoms with van der Waals surface area (Å²) < 4.78 is 0.884. The summed E-state index contributed by atoms with van der Waals surface area (Å²) in [5.41, 5.74) is 4.85. The van der Waals surface area contributed by atoms with Gasteiger partial charge in [0.2, 0.25) is 0 Å². The van der Waals surface area contributed by atoms with E-state index >= 15 is 0 Å². The van der Waals surface area contributed by atoms with Gasteiger partial charge < -0.3 is 20.5 Å². The van der Waals surface area contributed by atoms with Crippen LogP contribution in [0, 0.1) is 20.8 Å². The Kier molecular flexibility index (Phi) is 8.17. The molecule has 1 amide bonds. The summed E-state index contributed by atoms with van der Waals surface area (Å²) in [6, 6.07) is 6.99. The molecule has 3 rings (SSSR count). The first-order valence-corrected chi connectivity index (χ1v) is 12.3. The zero-order chi connectivity index (χ0) is 23.4. The van der Waals surface area contributed by atoms with E-state index in [1.54, 1.807) is 0 Å². The predicted octanol–water partition coefficient (Wildman–Crippen LogP) is 4.35. The molecule has 1 aromatic carbocycles. The molecule has 32 heavy (non-hydrogen) atoms. The Balaban J connectivity index is 1.82. The van der Waals surface area contributed by atoms with Gasteiger partial charge in [0, 0.05) is 52.2 Å². The van der Waals surface area contributed by atoms with E-state index in [9.17, 15) is 9.59 Å². The Labute approximate surface area is 199 Å². The summed E-state index contributed by atoms with van der Waals surface area (Å²) in [6.07, 6.45) is 4.62. The number of aromatic nitrogens is 1. The molecule has 1 fully saturated rings. The molecule has 1 aliphatic carbocycles. The fourth-order valence-corrected chi connectivity index (χ4v) is 5.31. The summed E-state index contributed by atoms with van der Waals surface area (Å²) in [4.78, 5) is 30.7. The number of H-pyrrole nitrogens is 1. The Hall–Kier alpha value is -2.12. The van der Waals surface area contributed by atoms with Crippen molar-refractivity contribution in [3.05, 3.63) is 61.0 Å². The molecular weight excluding hydrogens is 468 g/mol. The van der Waals surface area contributed by atoms with E-state index in [1.807, 2.05) is 40.0 Å². The number of benzene rings is 1. The number of carbonyl (C=O) groups excluding carboxylic acids is 1. The third-order valence-electron chi connectivity index (χ3n) is 6.71. The number of aryl methyl sites for hydroxylation is 2. The number of nitrogens with zero attached hydrogens (tertiary/aromatic N) is 1. The molecule has 1 aromatic heterocycles. The Morgan fingerprint density at radius 3 is 2.44 bits per heavy atom. The number of anilines is 1. The van der Waals surface area contributed by atoms with E-state index in [2.05, 4.69) is 49.4 Å². The SMILES string of the molecule is CCN(c1cc(Br)cc(C(=O)NCc2c(C)cc(C)[nH]c2=O)c1C)C1CCC(NC)CC1. The number of amides is 1. The van der Waals surface area contributed by atoms with E-state index < -0.39 is 0 Å². The fourth-order valence-electron chi connectivity index (χ4n) is 4.87. The molecule has 1 saturated carbocycles. The van der Waals surface area contributed by atoms with Crippen molar-refractivity contribution in [3.8, 4) is 0 Å². The van der Waals surface area contributed by atoms with Crippen LogP contribution in [0.15, 0.2) is 27.5 Å². The van der Waals surface area contributed by atoms with Crippen molar-refractivity contribution in [2.45, 2.75) is 72.0 Å². The van der Waals surface area contributed by atoms with Gasteiger partial charge in [0.15, 0.2) is 0 Å². The molecule has 7 heteroatoms. The van der Waals surface area contributed by atoms with Gasteiger partial charge in [-0.05, 0) is 89.8 Å². The van der Waals surface area contributed by atoms with Crippen LogP contribution in [-0.4, -0.2) is 36.6 Å². The highest BCUT2D eigenvalue weighted by molar-refractivity contribution is 9.10. The zero-order valence-corrected chi connectivity index (χ0v) is 21.4. The lowest BCUT2D eigenvalue weighted by atomic mass is 9.89. The highest BCUT2D eigenvalue weighted by Crippen LogP contribution is 2.33. The lowest BCUT2D eigenvalue weighted by Crippen LogP contribution is -2.42. The molecule has 0 saturated heterocycles. The molecule has 0 spiro atoms. The second-order valence-corrected chi connectivity index (χ2v) is 9.72. The molecule has 0 bridgehead atoms. The van der Waals surface area contributed by atoms with Crippen LogP contribution in [0.5, 0.6) is 0 Å². The van der Waals surface area contributed by atoms with Crippen LogP contribution in [0.3, 0.4) is 0 Å². The van der Waals surface area contributed by atoms with Crippen LogP contribution in [0.4, 0.5) is 5.69 Å². The minimum Gasteiger partial charge on any atom is -0.369 e. The smallest absolute Gasteiger partial charge is 0.253 e. The van der Waals surface area contributed by atoms with Crippen molar-refractivity contribution >= 4 is 27.5 Å². The minimum atomic E-state index is -0.167. The first-order valence-electron chi connectivity index (χ1n) is 11.5. The van der Waals surface area contributed by atoms with Gasteiger partial charge in [0.25, 0.3) is 11.5 Å². The van der Waals surface area contributed by atoms with Crippen LogP contribution in [0.25, 0.3) is 0 Å². The van der Waals surface area contributed by atoms with Crippen molar-refractivity contribution < 1.29 is 4.79 Å². The van der Waals surface area contributed by atoms with Crippen LogP contribution in [-0.2, 0) is 6.54 Å². The molecule has 0 unspecified atom stereocenters. The molecule has 3 N–H and O–H groups in total. The largest absolute Gasteiger partial charge is 0.369 e. The Bertz CT molecular complexity index is 1030. The number of aromatic amines is 1. The molecule has 0 aliphatic heterocycles. The molecule has 6 nitrogen and oxygen atoms in total. The first-order chi connectivity index (χ1) is 15.2. The fraction of sp³-hybridized carbons (Fsp3) is 0.520. The second kappa shape index (κ2) is 10.7. The van der Waals surface area contributed by atoms with Gasteiger partial charge in [-0.3, -0.25) is 9.59 Å². The molecule has 174 valence electrons. The maximum absolute atomic E-state index is 13.1. The van der Waals surface area contributed by atoms with Crippen molar-refractivity contribution in [1.82, 2.24) is 15.6 Å². The highest BCUT2D eigenvalue weighted by Gasteiger charge is 2.27. The molecule has 1 aliphatic rings. The van der Waals surface area contributed by atoms with Crippen LogP contribution < -0.4 is 21.1 Å². The Morgan fingerprint density at radius 1 is 1.16 bits per heavy atom. The summed E-state index contributed by atoms with van der Waals surface area (Å²) in [6.45, 7) is 9.04. The number of nitrogens with one attached hydrogen (secondary N) is 3. The van der Waals surface area contributed by atoms with E-state index in [0.29, 0.717) is 23.2 Å². The summed E-state index contributed by atoms with van der Waals surface area (Å²) in [5, 5.41) is 6.36. The number of halogens is 1. The lowest BCUT2D eigenvalue weighted by molar-refractivity contribution is 0.0950. The number of carbonyl (C=O) groups is 1. The van der Waals surface area contributed by atoms with E-state index in [1.165, 1.54) is 12.8 Å². The van der Waals surface area contributed by atoms with Gasteiger partial charge in [0.05, 0.1) is 0 Å². The van der Waals surface area contributed by atoms with E-state index in [0.717, 1.165) is 46.4 Å². The van der Waals surface area contributed by atoms with Crippen molar-refractivity contribution in [3.63, 3.8) is 0 Å². The maximum atomic E-state index is 13.1. The third kappa shape index (κ3) is 5.44. The van der Waals surface area contributed by atoms with Gasteiger partial charge in [-0.1, -0.05) is 15.9 Å². The van der Waals surface area contributed by atoms with Crippen LogP contribution in [0.2, 0.25) is 0 Å². The van der Waals surface area contributed by atoms with Gasteiger partial charge in [-0.15, -0.1) is 0 Å². The zero-order valence-electron chi connectivity index (χ0n) is 19.8. The number of hydrogen-bond acceptors (Lipinski definition) is 4. The Morgan fingerprint density at radius 2 is 1.84 bits per heavy atom. The monoisotopic (exact) mass is 502 g/mol. The van der Waals surface area contributed by atoms with Crippen LogP contribution in [0.1, 0.15) is 65.3 Å². The van der Waals surface area contributed by atoms with E-state index in [4.69, 9.17) is 0 Å². The quantitative estimate of drug-likeness (QED) is 0.525. The van der Waals surface area contributed by atoms with Crippen molar-refractivity contribution in [1.29, 1.82) is 0 Å². The van der Waals surface area contributed by atoms with Crippen molar-refractivity contribution in [2.75, 3.05) is 18.5 Å². The number of hydrogen-bond donors (Lipinski definition) is 3. The molecular formula is C25H35BrN4O2. The molecule has 0 atom stereocenters. The summed E-state index contributed by atoms with van der Waals surface area (Å²) in [5.74, 6) is -0.167. The average molecular weight is 503 g/mol. The second-order valence-electron chi connectivity index (χ2n) is 8.80. The average Bonchev–Trinajstić information content (AvgIpc) is 2.75. The van der Waals surface area contributed by atoms with Gasteiger partial charge >= 0.3 is 0 Å². The molecule has 0 radical (unpaired) electrons. The number of rotatable bonds is 7. The predicted molar refractivity (Wildman–Crippen MR) is 135 cm³/mol. The molecule has 1 heterocycles. The normalized spacial score (nSPS) is 18.4. The summed E-state index contributed by atoms with van der Waals surface area (Å²) in [7, 11) is 2.04. The topological polar surface area (TPSA) is 77.2 Å².